The Bertz CT molecular complexity index is 544. The van der Waals surface area contributed by atoms with Gasteiger partial charge in [0.2, 0.25) is 5.91 Å². The summed E-state index contributed by atoms with van der Waals surface area (Å²) in [5.41, 5.74) is -5.60. The Hall–Kier alpha value is -1.32. The average Bonchev–Trinajstić information content (AvgIpc) is 2.85. The van der Waals surface area contributed by atoms with Crippen LogP contribution in [0.3, 0.4) is 0 Å². The van der Waals surface area contributed by atoms with Gasteiger partial charge >= 0.3 is 21.5 Å². The van der Waals surface area contributed by atoms with Crippen LogP contribution < -0.4 is 4.72 Å². The summed E-state index contributed by atoms with van der Waals surface area (Å²) in [6, 6.07) is 0. The molecule has 4 unspecified atom stereocenters. The number of carboxylic acids is 1. The molecule has 2 aliphatic carbocycles. The zero-order valence-electron chi connectivity index (χ0n) is 10.1. The molecular formula is C10H12F3NO5S. The summed E-state index contributed by atoms with van der Waals surface area (Å²) in [6.07, 6.45) is 1.55. The summed E-state index contributed by atoms with van der Waals surface area (Å²) in [7, 11) is -5.79. The van der Waals surface area contributed by atoms with Gasteiger partial charge in [-0.15, -0.1) is 0 Å². The quantitative estimate of drug-likeness (QED) is 0.798. The van der Waals surface area contributed by atoms with Crippen LogP contribution in [-0.4, -0.2) is 30.9 Å². The molecular weight excluding hydrogens is 303 g/mol. The minimum absolute atomic E-state index is 0.276. The van der Waals surface area contributed by atoms with E-state index in [4.69, 9.17) is 5.11 Å². The molecule has 2 rings (SSSR count). The third-order valence-electron chi connectivity index (χ3n) is 4.04. The van der Waals surface area contributed by atoms with E-state index in [1.807, 2.05) is 0 Å². The van der Waals surface area contributed by atoms with Crippen LogP contribution in [0.25, 0.3) is 0 Å². The molecule has 0 aromatic rings. The molecule has 10 heteroatoms. The fourth-order valence-electron chi connectivity index (χ4n) is 3.28. The first-order chi connectivity index (χ1) is 9.04. The first-order valence-electron chi connectivity index (χ1n) is 5.90. The molecule has 0 saturated heterocycles. The highest BCUT2D eigenvalue weighted by molar-refractivity contribution is 7.90. The van der Waals surface area contributed by atoms with Crippen LogP contribution in [0.15, 0.2) is 0 Å². The Morgan fingerprint density at radius 1 is 1.10 bits per heavy atom. The predicted octanol–water partition coefficient (Wildman–Crippen LogP) is 0.699. The second kappa shape index (κ2) is 4.61. The van der Waals surface area contributed by atoms with Crippen molar-refractivity contribution in [1.29, 1.82) is 0 Å². The molecule has 2 fully saturated rings. The smallest absolute Gasteiger partial charge is 0.481 e. The highest BCUT2D eigenvalue weighted by Gasteiger charge is 2.56. The van der Waals surface area contributed by atoms with E-state index >= 15 is 0 Å². The van der Waals surface area contributed by atoms with Crippen molar-refractivity contribution in [1.82, 2.24) is 4.72 Å². The standard InChI is InChI=1S/C10H12F3NO5S/c11-10(12,13)20(18,19)14-8(15)6-4-1-2-5(3-4)7(6)9(16)17/h4-7H,1-3H2,(H,14,15)(H,16,17). The van der Waals surface area contributed by atoms with Crippen molar-refractivity contribution < 1.29 is 36.3 Å². The lowest BCUT2D eigenvalue weighted by Gasteiger charge is -2.26. The zero-order chi connectivity index (χ0) is 15.3. The Morgan fingerprint density at radius 2 is 1.60 bits per heavy atom. The third-order valence-corrected chi connectivity index (χ3v) is 5.12. The van der Waals surface area contributed by atoms with Crippen LogP contribution in [-0.2, 0) is 19.6 Å². The highest BCUT2D eigenvalue weighted by atomic mass is 32.2. The molecule has 1 amide bonds. The number of halogens is 3. The van der Waals surface area contributed by atoms with E-state index in [9.17, 15) is 31.2 Å². The Balaban J connectivity index is 2.19. The molecule has 2 N–H and O–H groups in total. The maximum absolute atomic E-state index is 12.2. The predicted molar refractivity (Wildman–Crippen MR) is 58.6 cm³/mol. The van der Waals surface area contributed by atoms with Crippen LogP contribution >= 0.6 is 0 Å². The lowest BCUT2D eigenvalue weighted by Crippen LogP contribution is -2.47. The van der Waals surface area contributed by atoms with E-state index in [0.717, 1.165) is 4.72 Å². The number of carbonyl (C=O) groups excluding carboxylic acids is 1. The highest BCUT2D eigenvalue weighted by Crippen LogP contribution is 2.52. The van der Waals surface area contributed by atoms with Crippen LogP contribution in [0.2, 0.25) is 0 Å². The molecule has 0 heterocycles. The van der Waals surface area contributed by atoms with Crippen LogP contribution in [0, 0.1) is 23.7 Å². The fraction of sp³-hybridized carbons (Fsp3) is 0.800. The first kappa shape index (κ1) is 15.1. The van der Waals surface area contributed by atoms with Gasteiger partial charge in [0.1, 0.15) is 0 Å². The van der Waals surface area contributed by atoms with Gasteiger partial charge in [0.25, 0.3) is 0 Å². The Morgan fingerprint density at radius 3 is 2.05 bits per heavy atom. The second-order valence-electron chi connectivity index (χ2n) is 5.14. The number of alkyl halides is 3. The normalized spacial score (nSPS) is 33.1. The number of fused-ring (bicyclic) bond motifs is 2. The van der Waals surface area contributed by atoms with Gasteiger partial charge in [-0.3, -0.25) is 9.59 Å². The van der Waals surface area contributed by atoms with Gasteiger partial charge in [-0.1, -0.05) is 0 Å². The number of rotatable bonds is 3. The molecule has 4 atom stereocenters. The maximum Gasteiger partial charge on any atom is 0.516 e. The van der Waals surface area contributed by atoms with Crippen LogP contribution in [0.5, 0.6) is 0 Å². The second-order valence-corrected chi connectivity index (χ2v) is 6.81. The zero-order valence-corrected chi connectivity index (χ0v) is 10.9. The lowest BCUT2D eigenvalue weighted by atomic mass is 9.79. The number of sulfonamides is 1. The van der Waals surface area contributed by atoms with Crippen molar-refractivity contribution in [2.45, 2.75) is 24.8 Å². The third kappa shape index (κ3) is 2.36. The number of hydrogen-bond acceptors (Lipinski definition) is 4. The summed E-state index contributed by atoms with van der Waals surface area (Å²) in [6.45, 7) is 0. The van der Waals surface area contributed by atoms with Crippen LogP contribution in [0.1, 0.15) is 19.3 Å². The van der Waals surface area contributed by atoms with Gasteiger partial charge in [-0.25, -0.2) is 4.72 Å². The maximum atomic E-state index is 12.2. The Kier molecular flexibility index (Phi) is 3.47. The van der Waals surface area contributed by atoms with Crippen molar-refractivity contribution in [2.24, 2.45) is 23.7 Å². The van der Waals surface area contributed by atoms with E-state index in [-0.39, 0.29) is 11.8 Å². The van der Waals surface area contributed by atoms with Gasteiger partial charge in [0.05, 0.1) is 11.8 Å². The minimum atomic E-state index is -5.79. The molecule has 0 spiro atoms. The number of nitrogens with one attached hydrogen (secondary N) is 1. The SMILES string of the molecule is O=C(O)C1C2CCC(C2)C1C(=O)NS(=O)(=O)C(F)(F)F. The molecule has 6 nitrogen and oxygen atoms in total. The fourth-order valence-corrected chi connectivity index (χ4v) is 3.80. The summed E-state index contributed by atoms with van der Waals surface area (Å²) in [4.78, 5) is 22.9. The average molecular weight is 315 g/mol. The molecule has 114 valence electrons. The Labute approximate surface area is 112 Å². The van der Waals surface area contributed by atoms with Crippen molar-refractivity contribution in [3.63, 3.8) is 0 Å². The summed E-state index contributed by atoms with van der Waals surface area (Å²) in [5.74, 6) is -5.63. The van der Waals surface area contributed by atoms with E-state index in [1.165, 1.54) is 0 Å². The van der Waals surface area contributed by atoms with Crippen LogP contribution in [0.4, 0.5) is 13.2 Å². The summed E-state index contributed by atoms with van der Waals surface area (Å²) >= 11 is 0. The molecule has 2 bridgehead atoms. The number of hydrogen-bond donors (Lipinski definition) is 2. The monoisotopic (exact) mass is 315 g/mol. The minimum Gasteiger partial charge on any atom is -0.481 e. The number of aliphatic carboxylic acids is 1. The van der Waals surface area contributed by atoms with E-state index in [0.29, 0.717) is 19.3 Å². The van der Waals surface area contributed by atoms with Gasteiger partial charge in [0, 0.05) is 0 Å². The van der Waals surface area contributed by atoms with Gasteiger partial charge < -0.3 is 5.11 Å². The van der Waals surface area contributed by atoms with Crippen molar-refractivity contribution in [2.75, 3.05) is 0 Å². The number of carbonyl (C=O) groups is 2. The molecule has 0 radical (unpaired) electrons. The van der Waals surface area contributed by atoms with Gasteiger partial charge in [-0.05, 0) is 31.1 Å². The van der Waals surface area contributed by atoms with Gasteiger partial charge in [0.15, 0.2) is 0 Å². The molecule has 2 aliphatic rings. The lowest BCUT2D eigenvalue weighted by molar-refractivity contribution is -0.149. The van der Waals surface area contributed by atoms with Crippen molar-refractivity contribution in [3.8, 4) is 0 Å². The molecule has 0 aliphatic heterocycles. The molecule has 20 heavy (non-hydrogen) atoms. The van der Waals surface area contributed by atoms with Gasteiger partial charge in [-0.2, -0.15) is 21.6 Å². The number of carboxylic acid groups (broad SMARTS) is 1. The first-order valence-corrected chi connectivity index (χ1v) is 7.38. The number of amides is 1. The van der Waals surface area contributed by atoms with E-state index in [2.05, 4.69) is 0 Å². The molecule has 2 saturated carbocycles. The molecule has 0 aromatic carbocycles. The summed E-state index contributed by atoms with van der Waals surface area (Å²) < 4.78 is 59.4. The van der Waals surface area contributed by atoms with E-state index in [1.54, 1.807) is 0 Å². The van der Waals surface area contributed by atoms with Crippen molar-refractivity contribution >= 4 is 21.9 Å². The van der Waals surface area contributed by atoms with E-state index < -0.39 is 39.2 Å². The molecule has 0 aromatic heterocycles. The van der Waals surface area contributed by atoms with Crippen molar-refractivity contribution in [3.05, 3.63) is 0 Å². The summed E-state index contributed by atoms with van der Waals surface area (Å²) in [5, 5.41) is 9.06. The largest absolute Gasteiger partial charge is 0.516 e. The topological polar surface area (TPSA) is 101 Å².